The van der Waals surface area contributed by atoms with E-state index in [1.54, 1.807) is 0 Å². The van der Waals surface area contributed by atoms with Gasteiger partial charge >= 0.3 is 0 Å². The molecule has 0 saturated carbocycles. The molecule has 29 heavy (non-hydrogen) atoms. The number of fused-ring (bicyclic) bond motifs is 3. The Morgan fingerprint density at radius 3 is 1.90 bits per heavy atom. The van der Waals surface area contributed by atoms with Gasteiger partial charge in [0.2, 0.25) is 0 Å². The second-order valence-electron chi connectivity index (χ2n) is 8.02. The number of halogens is 1. The average Bonchev–Trinajstić information content (AvgIpc) is 2.97. The van der Waals surface area contributed by atoms with Gasteiger partial charge in [0.25, 0.3) is 0 Å². The minimum Gasteiger partial charge on any atom is -0.310 e. The molecular weight excluding hydrogens is 374 g/mol. The van der Waals surface area contributed by atoms with Crippen molar-refractivity contribution in [1.29, 1.82) is 0 Å². The molecule has 0 spiro atoms. The number of hydrogen-bond acceptors (Lipinski definition) is 1. The third-order valence-corrected chi connectivity index (χ3v) is 6.12. The Labute approximate surface area is 177 Å². The van der Waals surface area contributed by atoms with Crippen molar-refractivity contribution in [2.45, 2.75) is 19.3 Å². The second-order valence-corrected chi connectivity index (χ2v) is 8.46. The van der Waals surface area contributed by atoms with Gasteiger partial charge in [0.05, 0.1) is 5.69 Å². The van der Waals surface area contributed by atoms with E-state index in [0.29, 0.717) is 0 Å². The molecule has 0 bridgehead atoms. The quantitative estimate of drug-likeness (QED) is 0.338. The third-order valence-electron chi connectivity index (χ3n) is 5.88. The summed E-state index contributed by atoms with van der Waals surface area (Å²) >= 11 is 6.38. The fourth-order valence-electron chi connectivity index (χ4n) is 4.59. The fourth-order valence-corrected chi connectivity index (χ4v) is 4.76. The van der Waals surface area contributed by atoms with E-state index in [1.807, 2.05) is 6.07 Å². The van der Waals surface area contributed by atoms with Gasteiger partial charge in [-0.1, -0.05) is 80.0 Å². The summed E-state index contributed by atoms with van der Waals surface area (Å²) in [5, 5.41) is 0.786. The average molecular weight is 396 g/mol. The van der Waals surface area contributed by atoms with Gasteiger partial charge in [-0.25, -0.2) is 0 Å². The van der Waals surface area contributed by atoms with Gasteiger partial charge in [-0.3, -0.25) is 0 Å². The summed E-state index contributed by atoms with van der Waals surface area (Å²) < 4.78 is 0. The lowest BCUT2D eigenvalue weighted by Gasteiger charge is -2.32. The summed E-state index contributed by atoms with van der Waals surface area (Å²) in [6, 6.07) is 34.0. The molecule has 4 aromatic carbocycles. The van der Waals surface area contributed by atoms with Gasteiger partial charge in [0, 0.05) is 21.8 Å². The topological polar surface area (TPSA) is 3.24 Å². The zero-order valence-corrected chi connectivity index (χ0v) is 17.3. The molecule has 0 radical (unpaired) electrons. The summed E-state index contributed by atoms with van der Waals surface area (Å²) in [5.41, 5.74) is 8.55. The number of hydrogen-bond donors (Lipinski definition) is 0. The van der Waals surface area contributed by atoms with Crippen LogP contribution in [0.3, 0.4) is 0 Å². The molecule has 0 saturated heterocycles. The Morgan fingerprint density at radius 2 is 1.28 bits per heavy atom. The van der Waals surface area contributed by atoms with E-state index in [0.717, 1.165) is 16.4 Å². The molecule has 0 N–H and O–H groups in total. The van der Waals surface area contributed by atoms with Crippen LogP contribution in [0.15, 0.2) is 97.1 Å². The summed E-state index contributed by atoms with van der Waals surface area (Å²) in [4.78, 5) is 2.36. The smallest absolute Gasteiger partial charge is 0.0508 e. The molecule has 0 amide bonds. The number of anilines is 3. The van der Waals surface area contributed by atoms with Crippen molar-refractivity contribution >= 4 is 28.7 Å². The van der Waals surface area contributed by atoms with Crippen LogP contribution in [-0.2, 0) is 5.41 Å². The van der Waals surface area contributed by atoms with Crippen molar-refractivity contribution < 1.29 is 0 Å². The highest BCUT2D eigenvalue weighted by molar-refractivity contribution is 6.30. The molecule has 0 atom stereocenters. The minimum atomic E-state index is -0.145. The highest BCUT2D eigenvalue weighted by Gasteiger charge is 2.38. The molecule has 0 aromatic heterocycles. The molecule has 0 heterocycles. The molecule has 0 aliphatic heterocycles. The van der Waals surface area contributed by atoms with E-state index in [4.69, 9.17) is 11.6 Å². The first-order valence-electron chi connectivity index (χ1n) is 9.91. The maximum absolute atomic E-state index is 6.38. The first kappa shape index (κ1) is 18.0. The summed E-state index contributed by atoms with van der Waals surface area (Å²) in [7, 11) is 0. The van der Waals surface area contributed by atoms with E-state index in [9.17, 15) is 0 Å². The highest BCUT2D eigenvalue weighted by Crippen LogP contribution is 2.54. The van der Waals surface area contributed by atoms with Crippen LogP contribution in [0.1, 0.15) is 25.0 Å². The van der Waals surface area contributed by atoms with Crippen LogP contribution in [0.4, 0.5) is 17.1 Å². The minimum absolute atomic E-state index is 0.145. The Bertz CT molecular complexity index is 1140. The van der Waals surface area contributed by atoms with Gasteiger partial charge in [-0.15, -0.1) is 0 Å². The summed E-state index contributed by atoms with van der Waals surface area (Å²) in [6.45, 7) is 4.59. The molecular formula is C27H22ClN. The van der Waals surface area contributed by atoms with Crippen molar-refractivity contribution in [1.82, 2.24) is 0 Å². The zero-order valence-electron chi connectivity index (χ0n) is 16.6. The Kier molecular flexibility index (Phi) is 4.22. The highest BCUT2D eigenvalue weighted by atomic mass is 35.5. The third kappa shape index (κ3) is 2.85. The van der Waals surface area contributed by atoms with Crippen LogP contribution in [0.5, 0.6) is 0 Å². The van der Waals surface area contributed by atoms with Gasteiger partial charge in [0.15, 0.2) is 0 Å². The molecule has 0 unspecified atom stereocenters. The molecule has 5 rings (SSSR count). The molecule has 1 aliphatic carbocycles. The fraction of sp³-hybridized carbons (Fsp3) is 0.111. The van der Waals surface area contributed by atoms with Crippen molar-refractivity contribution in [2.75, 3.05) is 4.90 Å². The van der Waals surface area contributed by atoms with Crippen LogP contribution < -0.4 is 4.90 Å². The number of para-hydroxylation sites is 2. The molecule has 4 aromatic rings. The Hall–Kier alpha value is -3.03. The maximum atomic E-state index is 6.38. The Morgan fingerprint density at radius 1 is 0.655 bits per heavy atom. The van der Waals surface area contributed by atoms with Crippen molar-refractivity contribution in [3.8, 4) is 11.1 Å². The standard InChI is InChI=1S/C27H22ClN/c1-27(2)24-18-19(28)16-17-22(24)23-14-9-15-25(26(23)27)29(20-10-5-3-6-11-20)21-12-7-4-8-13-21/h3-18H,1-2H3. The normalized spacial score (nSPS) is 13.6. The largest absolute Gasteiger partial charge is 0.310 e. The lowest BCUT2D eigenvalue weighted by atomic mass is 9.81. The van der Waals surface area contributed by atoms with Crippen LogP contribution >= 0.6 is 11.6 Å². The molecule has 1 nitrogen and oxygen atoms in total. The van der Waals surface area contributed by atoms with Crippen LogP contribution in [0.25, 0.3) is 11.1 Å². The van der Waals surface area contributed by atoms with Crippen LogP contribution in [0, 0.1) is 0 Å². The van der Waals surface area contributed by atoms with E-state index < -0.39 is 0 Å². The number of rotatable bonds is 3. The van der Waals surface area contributed by atoms with Crippen LogP contribution in [-0.4, -0.2) is 0 Å². The lowest BCUT2D eigenvalue weighted by Crippen LogP contribution is -2.20. The molecule has 1 aliphatic rings. The van der Waals surface area contributed by atoms with Gasteiger partial charge in [0.1, 0.15) is 0 Å². The predicted molar refractivity (Wildman–Crippen MR) is 124 cm³/mol. The van der Waals surface area contributed by atoms with Gasteiger partial charge < -0.3 is 4.90 Å². The Balaban J connectivity index is 1.79. The van der Waals surface area contributed by atoms with Crippen molar-refractivity contribution in [2.24, 2.45) is 0 Å². The molecule has 2 heteroatoms. The molecule has 142 valence electrons. The summed E-state index contributed by atoms with van der Waals surface area (Å²) in [5.74, 6) is 0. The second kappa shape index (κ2) is 6.79. The van der Waals surface area contributed by atoms with Gasteiger partial charge in [-0.05, 0) is 64.7 Å². The monoisotopic (exact) mass is 395 g/mol. The van der Waals surface area contributed by atoms with E-state index in [2.05, 4.69) is 110 Å². The van der Waals surface area contributed by atoms with E-state index >= 15 is 0 Å². The number of nitrogens with zero attached hydrogens (tertiary/aromatic N) is 1. The number of benzene rings is 4. The lowest BCUT2D eigenvalue weighted by molar-refractivity contribution is 0.661. The SMILES string of the molecule is CC1(C)c2cc(Cl)ccc2-c2cccc(N(c3ccccc3)c3ccccc3)c21. The first-order chi connectivity index (χ1) is 14.1. The zero-order chi connectivity index (χ0) is 20.0. The predicted octanol–water partition coefficient (Wildman–Crippen LogP) is 8.12. The van der Waals surface area contributed by atoms with Crippen molar-refractivity contribution in [3.05, 3.63) is 113 Å². The van der Waals surface area contributed by atoms with Crippen molar-refractivity contribution in [3.63, 3.8) is 0 Å². The maximum Gasteiger partial charge on any atom is 0.0508 e. The first-order valence-corrected chi connectivity index (χ1v) is 10.3. The molecule has 0 fully saturated rings. The van der Waals surface area contributed by atoms with Gasteiger partial charge in [-0.2, -0.15) is 0 Å². The van der Waals surface area contributed by atoms with Crippen LogP contribution in [0.2, 0.25) is 5.02 Å². The van der Waals surface area contributed by atoms with E-state index in [1.165, 1.54) is 27.9 Å². The summed E-state index contributed by atoms with van der Waals surface area (Å²) in [6.07, 6.45) is 0. The van der Waals surface area contributed by atoms with E-state index in [-0.39, 0.29) is 5.41 Å².